The lowest BCUT2D eigenvalue weighted by Gasteiger charge is -2.10. The van der Waals surface area contributed by atoms with Gasteiger partial charge < -0.3 is 27.4 Å². The van der Waals surface area contributed by atoms with Crippen LogP contribution in [0.2, 0.25) is 0 Å². The topological polar surface area (TPSA) is 29.6 Å². The SMILES string of the molecule is Cn1c2ccccc2c2cc(-c3ccc4c(c3)c3c(-c5ccc6c(c5)c5ccccc5n6-c5ccccc5)cccc3n4-c3ccccc3)ccc21.Cn1c2ccccc2c2cc(-c3ccc4c(c3)c3cc(-c5ccc6c(c5)c5ccccc5n6-c5ccccc5)ccc3n4-c3ccccc3)ccc21. The van der Waals surface area contributed by atoms with Gasteiger partial charge in [-0.15, -0.1) is 0 Å². The van der Waals surface area contributed by atoms with Crippen LogP contribution >= 0.6 is 0 Å². The Bertz CT molecular complexity index is 7220. The van der Waals surface area contributed by atoms with Crippen molar-refractivity contribution < 1.29 is 0 Å². The summed E-state index contributed by atoms with van der Waals surface area (Å²) in [6.07, 6.45) is 0. The first kappa shape index (κ1) is 59.2. The van der Waals surface area contributed by atoms with Crippen molar-refractivity contribution in [1.29, 1.82) is 0 Å². The summed E-state index contributed by atoms with van der Waals surface area (Å²) in [5, 5.41) is 15.2. The van der Waals surface area contributed by atoms with Crippen LogP contribution in [0, 0.1) is 0 Å². The van der Waals surface area contributed by atoms with Crippen LogP contribution in [-0.4, -0.2) is 27.4 Å². The third-order valence-corrected chi connectivity index (χ3v) is 22.1. The van der Waals surface area contributed by atoms with E-state index >= 15 is 0 Å². The summed E-state index contributed by atoms with van der Waals surface area (Å²) in [7, 11) is 4.32. The molecule has 488 valence electrons. The molecule has 0 amide bonds. The Hall–Kier alpha value is -13.7. The molecule has 16 aromatic carbocycles. The van der Waals surface area contributed by atoms with Crippen LogP contribution in [0.1, 0.15) is 0 Å². The van der Waals surface area contributed by atoms with E-state index in [1.165, 1.54) is 187 Å². The van der Waals surface area contributed by atoms with E-state index in [0.29, 0.717) is 0 Å². The number of aryl methyl sites for hydroxylation is 2. The van der Waals surface area contributed by atoms with Gasteiger partial charge in [-0.2, -0.15) is 0 Å². The van der Waals surface area contributed by atoms with Gasteiger partial charge in [0, 0.05) is 124 Å². The van der Waals surface area contributed by atoms with E-state index in [0.717, 1.165) is 11.4 Å². The molecule has 0 aliphatic heterocycles. The van der Waals surface area contributed by atoms with Crippen LogP contribution in [0.4, 0.5) is 0 Å². The van der Waals surface area contributed by atoms with Crippen molar-refractivity contribution >= 4 is 131 Å². The molecule has 0 aliphatic rings. The van der Waals surface area contributed by atoms with Crippen molar-refractivity contribution in [3.05, 3.63) is 364 Å². The first-order chi connectivity index (χ1) is 51.4. The molecule has 0 N–H and O–H groups in total. The highest BCUT2D eigenvalue weighted by Gasteiger charge is 2.22. The number of benzene rings is 16. The van der Waals surface area contributed by atoms with Gasteiger partial charge in [0.2, 0.25) is 0 Å². The molecular formula is C98H66N6. The number of aromatic nitrogens is 6. The molecule has 0 atom stereocenters. The predicted molar refractivity (Wildman–Crippen MR) is 440 cm³/mol. The molecule has 0 aliphatic carbocycles. The number of hydrogen-bond acceptors (Lipinski definition) is 0. The first-order valence-electron chi connectivity index (χ1n) is 35.8. The molecule has 0 radical (unpaired) electrons. The molecule has 6 heterocycles. The monoisotopic (exact) mass is 1330 g/mol. The van der Waals surface area contributed by atoms with E-state index in [1.807, 2.05) is 0 Å². The molecule has 22 rings (SSSR count). The number of nitrogens with zero attached hydrogens (tertiary/aromatic N) is 6. The Morgan fingerprint density at radius 1 is 0.154 bits per heavy atom. The first-order valence-corrected chi connectivity index (χ1v) is 35.8. The highest BCUT2D eigenvalue weighted by molar-refractivity contribution is 6.20. The zero-order chi connectivity index (χ0) is 68.7. The molecule has 6 nitrogen and oxygen atoms in total. The van der Waals surface area contributed by atoms with Crippen LogP contribution in [0.25, 0.3) is 198 Å². The molecule has 0 bridgehead atoms. The Kier molecular flexibility index (Phi) is 13.4. The minimum Gasteiger partial charge on any atom is -0.344 e. The third-order valence-electron chi connectivity index (χ3n) is 22.1. The zero-order valence-electron chi connectivity index (χ0n) is 57.3. The Morgan fingerprint density at radius 3 is 0.740 bits per heavy atom. The second-order valence-electron chi connectivity index (χ2n) is 27.7. The Labute approximate surface area is 599 Å². The summed E-state index contributed by atoms with van der Waals surface area (Å²) < 4.78 is 14.2. The third kappa shape index (κ3) is 9.15. The fourth-order valence-electron chi connectivity index (χ4n) is 17.3. The van der Waals surface area contributed by atoms with Gasteiger partial charge in [0.1, 0.15) is 0 Å². The van der Waals surface area contributed by atoms with Crippen molar-refractivity contribution in [2.75, 3.05) is 0 Å². The molecule has 22 aromatic rings. The maximum Gasteiger partial charge on any atom is 0.0547 e. The normalized spacial score (nSPS) is 11.9. The summed E-state index contributed by atoms with van der Waals surface area (Å²) in [4.78, 5) is 0. The van der Waals surface area contributed by atoms with Gasteiger partial charge >= 0.3 is 0 Å². The van der Waals surface area contributed by atoms with Gasteiger partial charge in [0.05, 0.1) is 44.1 Å². The van der Waals surface area contributed by atoms with E-state index in [4.69, 9.17) is 0 Å². The number of hydrogen-bond donors (Lipinski definition) is 0. The average molecular weight is 1330 g/mol. The minimum absolute atomic E-state index is 1.16. The molecule has 0 saturated heterocycles. The summed E-state index contributed by atoms with van der Waals surface area (Å²) in [5.41, 5.74) is 29.1. The van der Waals surface area contributed by atoms with Crippen LogP contribution in [0.5, 0.6) is 0 Å². The smallest absolute Gasteiger partial charge is 0.0547 e. The molecule has 6 aromatic heterocycles. The summed E-state index contributed by atoms with van der Waals surface area (Å²) >= 11 is 0. The van der Waals surface area contributed by atoms with Crippen LogP contribution in [-0.2, 0) is 14.1 Å². The summed E-state index contributed by atoms with van der Waals surface area (Å²) in [6.45, 7) is 0. The van der Waals surface area contributed by atoms with Crippen molar-refractivity contribution in [3.8, 4) is 67.3 Å². The minimum atomic E-state index is 1.16. The van der Waals surface area contributed by atoms with Gasteiger partial charge in [-0.1, -0.05) is 200 Å². The predicted octanol–water partition coefficient (Wildman–Crippen LogP) is 25.7. The standard InChI is InChI=1S/2C49H33N3/c1-50-43-20-10-8-17-38(43)40-29-32(23-26-44(40)50)33-24-27-47-42(30-33)49-37(19-12-22-48(49)52(47)36-15-6-3-7-16-36)34-25-28-46-41(31-34)39-18-9-11-21-45(39)51(46)35-13-4-2-5-14-35;1-50-44-18-10-8-16-38(44)40-28-32(20-24-45(40)50)34-22-26-48-42(30-34)43-31-35(23-27-49(43)52(48)37-14-6-3-7-15-37)33-21-25-47-41(29-33)39-17-9-11-19-46(39)51(47)36-12-4-2-5-13-36/h2*2-31H,1H3. The largest absolute Gasteiger partial charge is 0.344 e. The number of fused-ring (bicyclic) bond motifs is 18. The highest BCUT2D eigenvalue weighted by atomic mass is 15.0. The van der Waals surface area contributed by atoms with Gasteiger partial charge in [-0.3, -0.25) is 0 Å². The van der Waals surface area contributed by atoms with E-state index in [-0.39, 0.29) is 0 Å². The highest BCUT2D eigenvalue weighted by Crippen LogP contribution is 2.45. The van der Waals surface area contributed by atoms with Crippen LogP contribution in [0.3, 0.4) is 0 Å². The average Bonchev–Trinajstić information content (AvgIpc) is 1.57. The van der Waals surface area contributed by atoms with Gasteiger partial charge in [0.25, 0.3) is 0 Å². The Morgan fingerprint density at radius 2 is 0.375 bits per heavy atom. The van der Waals surface area contributed by atoms with E-state index in [1.54, 1.807) is 0 Å². The maximum atomic E-state index is 2.42. The quantitative estimate of drug-likeness (QED) is 0.145. The molecule has 0 spiro atoms. The van der Waals surface area contributed by atoms with E-state index < -0.39 is 0 Å². The van der Waals surface area contributed by atoms with Crippen LogP contribution < -0.4 is 0 Å². The summed E-state index contributed by atoms with van der Waals surface area (Å²) in [6, 6.07) is 133. The lowest BCUT2D eigenvalue weighted by atomic mass is 9.96. The van der Waals surface area contributed by atoms with Crippen LogP contribution in [0.15, 0.2) is 364 Å². The van der Waals surface area contributed by atoms with E-state index in [9.17, 15) is 0 Å². The molecule has 0 saturated carbocycles. The van der Waals surface area contributed by atoms with Crippen molar-refractivity contribution in [2.45, 2.75) is 0 Å². The number of rotatable bonds is 8. The van der Waals surface area contributed by atoms with Crippen molar-refractivity contribution in [3.63, 3.8) is 0 Å². The van der Waals surface area contributed by atoms with Crippen molar-refractivity contribution in [2.24, 2.45) is 14.1 Å². The zero-order valence-corrected chi connectivity index (χ0v) is 57.3. The van der Waals surface area contributed by atoms with Gasteiger partial charge in [0.15, 0.2) is 0 Å². The molecule has 0 fully saturated rings. The lowest BCUT2D eigenvalue weighted by Crippen LogP contribution is -1.93. The fourth-order valence-corrected chi connectivity index (χ4v) is 17.3. The van der Waals surface area contributed by atoms with Crippen molar-refractivity contribution in [1.82, 2.24) is 27.4 Å². The maximum absolute atomic E-state index is 2.42. The second-order valence-corrected chi connectivity index (χ2v) is 27.7. The summed E-state index contributed by atoms with van der Waals surface area (Å²) in [5.74, 6) is 0. The van der Waals surface area contributed by atoms with Gasteiger partial charge in [-0.25, -0.2) is 0 Å². The van der Waals surface area contributed by atoms with E-state index in [2.05, 4.69) is 405 Å². The number of para-hydroxylation sites is 8. The molecule has 0 unspecified atom stereocenters. The molecule has 6 heteroatoms. The van der Waals surface area contributed by atoms with Gasteiger partial charge in [-0.05, 0) is 208 Å². The Balaban J connectivity index is 0.000000134. The fraction of sp³-hybridized carbons (Fsp3) is 0.0204. The molecular weight excluding hydrogens is 1260 g/mol. The molecule has 104 heavy (non-hydrogen) atoms. The lowest BCUT2D eigenvalue weighted by molar-refractivity contribution is 1.01. The second kappa shape index (κ2) is 23.5.